The van der Waals surface area contributed by atoms with Gasteiger partial charge in [0.05, 0.1) is 4.90 Å². The molecule has 2 aromatic carbocycles. The molecule has 0 atom stereocenters. The molecular weight excluding hydrogens is 312 g/mol. The van der Waals surface area contributed by atoms with Gasteiger partial charge in [-0.05, 0) is 63.2 Å². The largest absolute Gasteiger partial charge is 0.322 e. The minimum atomic E-state index is -3.48. The lowest BCUT2D eigenvalue weighted by molar-refractivity contribution is 0.102. The smallest absolute Gasteiger partial charge is 0.256 e. The van der Waals surface area contributed by atoms with E-state index in [1.807, 2.05) is 32.9 Å². The third kappa shape index (κ3) is 3.78. The van der Waals surface area contributed by atoms with E-state index in [4.69, 9.17) is 0 Å². The Hall–Kier alpha value is -2.18. The van der Waals surface area contributed by atoms with E-state index in [0.29, 0.717) is 11.3 Å². The summed E-state index contributed by atoms with van der Waals surface area (Å²) in [4.78, 5) is 12.6. The molecule has 0 spiro atoms. The second-order valence-corrected chi connectivity index (χ2v) is 7.35. The lowest BCUT2D eigenvalue weighted by Crippen LogP contribution is -2.19. The van der Waals surface area contributed by atoms with Gasteiger partial charge < -0.3 is 5.32 Å². The van der Waals surface area contributed by atoms with Crippen molar-refractivity contribution in [1.82, 2.24) is 4.72 Å². The summed E-state index contributed by atoms with van der Waals surface area (Å²) in [6, 6.07) is 9.98. The predicted octanol–water partition coefficient (Wildman–Crippen LogP) is 2.77. The highest BCUT2D eigenvalue weighted by Crippen LogP contribution is 2.19. The summed E-state index contributed by atoms with van der Waals surface area (Å²) < 4.78 is 25.6. The molecule has 2 rings (SSSR count). The van der Waals surface area contributed by atoms with Crippen LogP contribution in [0.3, 0.4) is 0 Å². The fourth-order valence-electron chi connectivity index (χ4n) is 2.57. The number of nitrogens with one attached hydrogen (secondary N) is 2. The van der Waals surface area contributed by atoms with Gasteiger partial charge in [0.15, 0.2) is 0 Å². The molecule has 23 heavy (non-hydrogen) atoms. The molecule has 0 aliphatic carbocycles. The van der Waals surface area contributed by atoms with Crippen LogP contribution < -0.4 is 10.0 Å². The summed E-state index contributed by atoms with van der Waals surface area (Å²) in [6.45, 7) is 5.79. The quantitative estimate of drug-likeness (QED) is 0.904. The van der Waals surface area contributed by atoms with Crippen LogP contribution in [0.4, 0.5) is 5.69 Å². The van der Waals surface area contributed by atoms with Crippen LogP contribution in [0.15, 0.2) is 41.3 Å². The van der Waals surface area contributed by atoms with Gasteiger partial charge in [-0.15, -0.1) is 0 Å². The molecule has 0 aliphatic heterocycles. The van der Waals surface area contributed by atoms with Crippen molar-refractivity contribution in [3.8, 4) is 0 Å². The number of hydrogen-bond donors (Lipinski definition) is 2. The summed E-state index contributed by atoms with van der Waals surface area (Å²) in [5.74, 6) is -0.204. The van der Waals surface area contributed by atoms with Crippen LogP contribution in [0.1, 0.15) is 27.0 Å². The molecule has 0 bridgehead atoms. The van der Waals surface area contributed by atoms with Crippen molar-refractivity contribution in [3.63, 3.8) is 0 Å². The lowest BCUT2D eigenvalue weighted by atomic mass is 9.99. The number of anilines is 1. The SMILES string of the molecule is CNS(=O)(=O)c1ccc(NC(=O)c2c(C)cc(C)cc2C)cc1. The van der Waals surface area contributed by atoms with E-state index in [2.05, 4.69) is 10.0 Å². The summed E-state index contributed by atoms with van der Waals surface area (Å²) in [5.41, 5.74) is 4.12. The number of carbonyl (C=O) groups excluding carboxylic acids is 1. The summed E-state index contributed by atoms with van der Waals surface area (Å²) in [6.07, 6.45) is 0. The van der Waals surface area contributed by atoms with E-state index in [-0.39, 0.29) is 10.8 Å². The lowest BCUT2D eigenvalue weighted by Gasteiger charge is -2.12. The fraction of sp³-hybridized carbons (Fsp3) is 0.235. The first-order chi connectivity index (χ1) is 10.7. The van der Waals surface area contributed by atoms with Crippen LogP contribution >= 0.6 is 0 Å². The van der Waals surface area contributed by atoms with E-state index in [0.717, 1.165) is 16.7 Å². The van der Waals surface area contributed by atoms with E-state index in [9.17, 15) is 13.2 Å². The topological polar surface area (TPSA) is 75.3 Å². The Balaban J connectivity index is 2.25. The average Bonchev–Trinajstić information content (AvgIpc) is 2.46. The normalized spacial score (nSPS) is 11.3. The summed E-state index contributed by atoms with van der Waals surface area (Å²) >= 11 is 0. The van der Waals surface area contributed by atoms with Crippen LogP contribution in [-0.4, -0.2) is 21.4 Å². The minimum absolute atomic E-state index is 0.153. The highest BCUT2D eigenvalue weighted by Gasteiger charge is 2.14. The maximum Gasteiger partial charge on any atom is 0.256 e. The molecule has 0 fully saturated rings. The van der Waals surface area contributed by atoms with E-state index < -0.39 is 10.0 Å². The molecule has 6 heteroatoms. The Kier molecular flexibility index (Phi) is 4.87. The van der Waals surface area contributed by atoms with Gasteiger partial charge >= 0.3 is 0 Å². The van der Waals surface area contributed by atoms with Crippen molar-refractivity contribution in [2.24, 2.45) is 0 Å². The van der Waals surface area contributed by atoms with Crippen LogP contribution in [0, 0.1) is 20.8 Å². The molecule has 2 aromatic rings. The van der Waals surface area contributed by atoms with Gasteiger partial charge in [-0.3, -0.25) is 4.79 Å². The molecule has 0 radical (unpaired) electrons. The van der Waals surface area contributed by atoms with Crippen molar-refractivity contribution in [2.45, 2.75) is 25.7 Å². The van der Waals surface area contributed by atoms with Gasteiger partial charge in [0.2, 0.25) is 10.0 Å². The van der Waals surface area contributed by atoms with Crippen LogP contribution in [0.25, 0.3) is 0 Å². The maximum absolute atomic E-state index is 12.5. The van der Waals surface area contributed by atoms with E-state index >= 15 is 0 Å². The standard InChI is InChI=1S/C17H20N2O3S/c1-11-9-12(2)16(13(3)10-11)17(20)19-14-5-7-15(8-6-14)23(21,22)18-4/h5-10,18H,1-4H3,(H,19,20). The third-order valence-corrected chi connectivity index (χ3v) is 5.03. The number of hydrogen-bond acceptors (Lipinski definition) is 3. The number of aryl methyl sites for hydroxylation is 3. The molecular formula is C17H20N2O3S. The van der Waals surface area contributed by atoms with Crippen molar-refractivity contribution < 1.29 is 13.2 Å². The molecule has 5 nitrogen and oxygen atoms in total. The molecule has 0 saturated carbocycles. The molecule has 1 amide bonds. The highest BCUT2D eigenvalue weighted by atomic mass is 32.2. The first kappa shape index (κ1) is 17.2. The molecule has 2 N–H and O–H groups in total. The zero-order valence-corrected chi connectivity index (χ0v) is 14.4. The molecule has 122 valence electrons. The second-order valence-electron chi connectivity index (χ2n) is 5.46. The third-order valence-electron chi connectivity index (χ3n) is 3.60. The Morgan fingerprint density at radius 3 is 1.96 bits per heavy atom. The first-order valence-electron chi connectivity index (χ1n) is 7.17. The Morgan fingerprint density at radius 2 is 1.48 bits per heavy atom. The Morgan fingerprint density at radius 1 is 0.957 bits per heavy atom. The zero-order chi connectivity index (χ0) is 17.2. The van der Waals surface area contributed by atoms with Crippen molar-refractivity contribution >= 4 is 21.6 Å². The number of rotatable bonds is 4. The monoisotopic (exact) mass is 332 g/mol. The Labute approximate surface area is 136 Å². The molecule has 0 aliphatic rings. The molecule has 0 saturated heterocycles. The summed E-state index contributed by atoms with van der Waals surface area (Å²) in [7, 11) is -2.12. The van der Waals surface area contributed by atoms with Crippen molar-refractivity contribution in [2.75, 3.05) is 12.4 Å². The van der Waals surface area contributed by atoms with E-state index in [1.54, 1.807) is 12.1 Å². The minimum Gasteiger partial charge on any atom is -0.322 e. The first-order valence-corrected chi connectivity index (χ1v) is 8.65. The van der Waals surface area contributed by atoms with Crippen molar-refractivity contribution in [1.29, 1.82) is 0 Å². The molecule has 0 aromatic heterocycles. The van der Waals surface area contributed by atoms with Gasteiger partial charge in [0.1, 0.15) is 0 Å². The van der Waals surface area contributed by atoms with Crippen LogP contribution in [0.2, 0.25) is 0 Å². The zero-order valence-electron chi connectivity index (χ0n) is 13.6. The second kappa shape index (κ2) is 6.52. The van der Waals surface area contributed by atoms with Crippen LogP contribution in [0.5, 0.6) is 0 Å². The fourth-order valence-corrected chi connectivity index (χ4v) is 3.30. The number of amides is 1. The average molecular weight is 332 g/mol. The maximum atomic E-state index is 12.5. The van der Waals surface area contributed by atoms with E-state index in [1.165, 1.54) is 19.2 Å². The summed E-state index contributed by atoms with van der Waals surface area (Å²) in [5, 5.41) is 2.80. The molecule has 0 heterocycles. The van der Waals surface area contributed by atoms with Gasteiger partial charge in [0.25, 0.3) is 5.91 Å². The Bertz CT molecular complexity index is 818. The predicted molar refractivity (Wildman–Crippen MR) is 91.3 cm³/mol. The number of carbonyl (C=O) groups is 1. The van der Waals surface area contributed by atoms with Crippen LogP contribution in [-0.2, 0) is 10.0 Å². The van der Waals surface area contributed by atoms with Gasteiger partial charge in [-0.1, -0.05) is 17.7 Å². The van der Waals surface area contributed by atoms with Crippen molar-refractivity contribution in [3.05, 3.63) is 58.7 Å². The van der Waals surface area contributed by atoms with Gasteiger partial charge in [-0.2, -0.15) is 0 Å². The van der Waals surface area contributed by atoms with Gasteiger partial charge in [0, 0.05) is 11.3 Å². The number of sulfonamides is 1. The number of benzene rings is 2. The van der Waals surface area contributed by atoms with Gasteiger partial charge in [-0.25, -0.2) is 13.1 Å². The molecule has 0 unspecified atom stereocenters. The highest BCUT2D eigenvalue weighted by molar-refractivity contribution is 7.89.